The topological polar surface area (TPSA) is 110 Å². The summed E-state index contributed by atoms with van der Waals surface area (Å²) in [6.07, 6.45) is 15.5. The molecule has 0 saturated carbocycles. The minimum absolute atomic E-state index is 0.00984. The number of allylic oxidation sites excluding steroid dienone is 1. The lowest BCUT2D eigenvalue weighted by molar-refractivity contribution is -0.139. The number of carboxylic acid groups (broad SMARTS) is 2. The lowest BCUT2D eigenvalue weighted by Gasteiger charge is -2.09. The van der Waals surface area contributed by atoms with Gasteiger partial charge in [-0.15, -0.1) is 0 Å². The van der Waals surface area contributed by atoms with Crippen LogP contribution in [0, 0.1) is 0 Å². The SMILES string of the molecule is CCCCCCCCCCCCOc1cccc(/C=C/C(=O)c2cc(C(=O)O)ccc2OCC(=O)O)c1. The van der Waals surface area contributed by atoms with E-state index in [2.05, 4.69) is 6.92 Å². The zero-order chi connectivity index (χ0) is 26.9. The molecule has 0 amide bonds. The molecule has 0 bridgehead atoms. The van der Waals surface area contributed by atoms with Crippen LogP contribution in [0.5, 0.6) is 11.5 Å². The van der Waals surface area contributed by atoms with Crippen molar-refractivity contribution in [2.45, 2.75) is 71.1 Å². The summed E-state index contributed by atoms with van der Waals surface area (Å²) in [6.45, 7) is 2.23. The quantitative estimate of drug-likeness (QED) is 0.118. The fourth-order valence-corrected chi connectivity index (χ4v) is 3.87. The van der Waals surface area contributed by atoms with Crippen LogP contribution in [0.1, 0.15) is 97.4 Å². The summed E-state index contributed by atoms with van der Waals surface area (Å²) in [7, 11) is 0. The van der Waals surface area contributed by atoms with Crippen LogP contribution in [-0.2, 0) is 4.79 Å². The standard InChI is InChI=1S/C30H38O7/c1-2-3-4-5-6-7-8-9-10-11-19-36-25-14-12-13-23(20-25)15-17-27(31)26-21-24(30(34)35)16-18-28(26)37-22-29(32)33/h12-18,20-21H,2-11,19,22H2,1H3,(H,32,33)(H,34,35)/b17-15+. The van der Waals surface area contributed by atoms with Crippen LogP contribution < -0.4 is 9.47 Å². The summed E-state index contributed by atoms with van der Waals surface area (Å²) in [5, 5.41) is 18.1. The van der Waals surface area contributed by atoms with Crippen molar-refractivity contribution in [2.75, 3.05) is 13.2 Å². The Hall–Kier alpha value is -3.61. The molecule has 0 saturated heterocycles. The molecule has 2 aromatic rings. The van der Waals surface area contributed by atoms with E-state index in [1.165, 1.54) is 75.6 Å². The number of rotatable bonds is 19. The smallest absolute Gasteiger partial charge is 0.341 e. The number of benzene rings is 2. The van der Waals surface area contributed by atoms with Crippen LogP contribution >= 0.6 is 0 Å². The molecule has 0 aliphatic heterocycles. The second kappa shape index (κ2) is 17.0. The average Bonchev–Trinajstić information content (AvgIpc) is 2.89. The van der Waals surface area contributed by atoms with E-state index in [0.29, 0.717) is 12.4 Å². The van der Waals surface area contributed by atoms with E-state index in [1.807, 2.05) is 24.3 Å². The minimum Gasteiger partial charge on any atom is -0.494 e. The zero-order valence-corrected chi connectivity index (χ0v) is 21.6. The first-order valence-corrected chi connectivity index (χ1v) is 13.1. The number of aromatic carboxylic acids is 1. The largest absolute Gasteiger partial charge is 0.494 e. The number of hydrogen-bond acceptors (Lipinski definition) is 5. The maximum absolute atomic E-state index is 12.8. The maximum Gasteiger partial charge on any atom is 0.341 e. The van der Waals surface area contributed by atoms with Gasteiger partial charge in [0.1, 0.15) is 11.5 Å². The number of ether oxygens (including phenoxy) is 2. The number of carbonyl (C=O) groups excluding carboxylic acids is 1. The monoisotopic (exact) mass is 510 g/mol. The highest BCUT2D eigenvalue weighted by molar-refractivity contribution is 6.09. The first-order chi connectivity index (χ1) is 17.9. The van der Waals surface area contributed by atoms with E-state index in [0.717, 1.165) is 18.4 Å². The molecular formula is C30H38O7. The van der Waals surface area contributed by atoms with E-state index < -0.39 is 24.3 Å². The fraction of sp³-hybridized carbons (Fsp3) is 0.433. The van der Waals surface area contributed by atoms with Gasteiger partial charge in [0, 0.05) is 0 Å². The van der Waals surface area contributed by atoms with Crippen molar-refractivity contribution >= 4 is 23.8 Å². The average molecular weight is 511 g/mol. The number of carbonyl (C=O) groups is 3. The number of carboxylic acids is 2. The van der Waals surface area contributed by atoms with Crippen molar-refractivity contribution in [1.29, 1.82) is 0 Å². The Balaban J connectivity index is 1.85. The van der Waals surface area contributed by atoms with Gasteiger partial charge in [-0.3, -0.25) is 4.79 Å². The van der Waals surface area contributed by atoms with E-state index in [1.54, 1.807) is 6.08 Å². The van der Waals surface area contributed by atoms with Gasteiger partial charge in [0.15, 0.2) is 12.4 Å². The molecule has 0 aromatic heterocycles. The molecule has 2 aromatic carbocycles. The minimum atomic E-state index is -1.20. The number of hydrogen-bond donors (Lipinski definition) is 2. The summed E-state index contributed by atoms with van der Waals surface area (Å²) in [5.74, 6) is -2.18. The molecule has 0 spiro atoms. The Labute approximate surface area is 219 Å². The Bertz CT molecular complexity index is 1040. The summed E-state index contributed by atoms with van der Waals surface area (Å²) < 4.78 is 11.0. The molecule has 37 heavy (non-hydrogen) atoms. The van der Waals surface area contributed by atoms with Crippen LogP contribution in [0.4, 0.5) is 0 Å². The van der Waals surface area contributed by atoms with Crippen LogP contribution in [0.15, 0.2) is 48.5 Å². The molecule has 2 rings (SSSR count). The van der Waals surface area contributed by atoms with Gasteiger partial charge in [-0.05, 0) is 48.4 Å². The predicted octanol–water partition coefficient (Wildman–Crippen LogP) is 7.04. The van der Waals surface area contributed by atoms with Crippen LogP contribution in [0.2, 0.25) is 0 Å². The molecule has 0 fully saturated rings. The molecule has 200 valence electrons. The van der Waals surface area contributed by atoms with Crippen molar-refractivity contribution in [3.8, 4) is 11.5 Å². The highest BCUT2D eigenvalue weighted by Gasteiger charge is 2.15. The molecule has 0 radical (unpaired) electrons. The zero-order valence-electron chi connectivity index (χ0n) is 21.6. The Morgan fingerprint density at radius 1 is 0.811 bits per heavy atom. The molecule has 7 heteroatoms. The molecule has 0 atom stereocenters. The van der Waals surface area contributed by atoms with E-state index in [9.17, 15) is 19.5 Å². The highest BCUT2D eigenvalue weighted by Crippen LogP contribution is 2.23. The molecule has 7 nitrogen and oxygen atoms in total. The third-order valence-corrected chi connectivity index (χ3v) is 5.89. The van der Waals surface area contributed by atoms with Crippen LogP contribution in [0.25, 0.3) is 6.08 Å². The fourth-order valence-electron chi connectivity index (χ4n) is 3.87. The Kier molecular flexibility index (Phi) is 13.6. The van der Waals surface area contributed by atoms with Gasteiger partial charge < -0.3 is 19.7 Å². The van der Waals surface area contributed by atoms with E-state index in [-0.39, 0.29) is 16.9 Å². The predicted molar refractivity (Wildman–Crippen MR) is 144 cm³/mol. The van der Waals surface area contributed by atoms with Gasteiger partial charge in [-0.1, -0.05) is 82.9 Å². The van der Waals surface area contributed by atoms with Crippen molar-refractivity contribution in [3.05, 3.63) is 65.2 Å². The van der Waals surface area contributed by atoms with Crippen LogP contribution in [0.3, 0.4) is 0 Å². The lowest BCUT2D eigenvalue weighted by Crippen LogP contribution is -2.12. The first kappa shape index (κ1) is 29.6. The molecule has 0 unspecified atom stereocenters. The third-order valence-electron chi connectivity index (χ3n) is 5.89. The molecule has 2 N–H and O–H groups in total. The maximum atomic E-state index is 12.8. The van der Waals surface area contributed by atoms with E-state index in [4.69, 9.17) is 14.6 Å². The van der Waals surface area contributed by atoms with Crippen molar-refractivity contribution in [1.82, 2.24) is 0 Å². The summed E-state index contributed by atoms with van der Waals surface area (Å²) in [6, 6.07) is 11.1. The molecule has 0 aliphatic carbocycles. The lowest BCUT2D eigenvalue weighted by atomic mass is 10.0. The van der Waals surface area contributed by atoms with Gasteiger partial charge in [0.2, 0.25) is 0 Å². The summed E-state index contributed by atoms with van der Waals surface area (Å²) in [5.41, 5.74) is 0.629. The second-order valence-corrected chi connectivity index (χ2v) is 9.00. The van der Waals surface area contributed by atoms with Gasteiger partial charge in [-0.25, -0.2) is 9.59 Å². The summed E-state index contributed by atoms with van der Waals surface area (Å²) >= 11 is 0. The Morgan fingerprint density at radius 3 is 2.14 bits per heavy atom. The number of unbranched alkanes of at least 4 members (excludes halogenated alkanes) is 9. The summed E-state index contributed by atoms with van der Waals surface area (Å²) in [4.78, 5) is 34.9. The molecule has 0 aliphatic rings. The van der Waals surface area contributed by atoms with Crippen LogP contribution in [-0.4, -0.2) is 41.1 Å². The van der Waals surface area contributed by atoms with Crippen molar-refractivity contribution < 1.29 is 34.1 Å². The first-order valence-electron chi connectivity index (χ1n) is 13.1. The number of aliphatic carboxylic acids is 1. The van der Waals surface area contributed by atoms with Crippen molar-refractivity contribution in [2.24, 2.45) is 0 Å². The van der Waals surface area contributed by atoms with Gasteiger partial charge >= 0.3 is 11.9 Å². The van der Waals surface area contributed by atoms with Gasteiger partial charge in [-0.2, -0.15) is 0 Å². The molecular weight excluding hydrogens is 472 g/mol. The number of ketones is 1. The normalized spacial score (nSPS) is 10.9. The second-order valence-electron chi connectivity index (χ2n) is 9.00. The third kappa shape index (κ3) is 11.8. The van der Waals surface area contributed by atoms with Gasteiger partial charge in [0.25, 0.3) is 0 Å². The molecule has 0 heterocycles. The Morgan fingerprint density at radius 2 is 1.49 bits per heavy atom. The van der Waals surface area contributed by atoms with Crippen molar-refractivity contribution in [3.63, 3.8) is 0 Å². The van der Waals surface area contributed by atoms with E-state index >= 15 is 0 Å². The highest BCUT2D eigenvalue weighted by atomic mass is 16.5. The van der Waals surface area contributed by atoms with Gasteiger partial charge in [0.05, 0.1) is 17.7 Å².